The fourth-order valence-electron chi connectivity index (χ4n) is 13.3. The highest BCUT2D eigenvalue weighted by Crippen LogP contribution is 2.26. The molecule has 0 saturated carbocycles. The number of ketones is 6. The lowest BCUT2D eigenvalue weighted by atomic mass is 9.86. The number of carboxylic acids is 1. The molecule has 0 fully saturated rings. The number of nitrogens with two attached hydrogens (primary N) is 4. The van der Waals surface area contributed by atoms with E-state index in [1.54, 1.807) is 98.8 Å². The van der Waals surface area contributed by atoms with E-state index in [1.165, 1.54) is 24.7 Å². The van der Waals surface area contributed by atoms with Crippen LogP contribution in [0.1, 0.15) is 151 Å². The van der Waals surface area contributed by atoms with E-state index in [-0.39, 0.29) is 132 Å². The third-order valence-electron chi connectivity index (χ3n) is 19.7. The summed E-state index contributed by atoms with van der Waals surface area (Å²) in [5, 5.41) is 56.3. The number of guanidine groups is 2. The van der Waals surface area contributed by atoms with Gasteiger partial charge >= 0.3 is 5.97 Å². The lowest BCUT2D eigenvalue weighted by molar-refractivity contribution is -0.141. The van der Waals surface area contributed by atoms with Gasteiger partial charge in [-0.3, -0.25) is 73.1 Å². The molecule has 6 amide bonds. The highest BCUT2D eigenvalue weighted by Gasteiger charge is 2.38. The van der Waals surface area contributed by atoms with Gasteiger partial charge in [0.25, 0.3) is 0 Å². The van der Waals surface area contributed by atoms with Gasteiger partial charge in [0.05, 0.1) is 49.0 Å². The zero-order chi connectivity index (χ0) is 82.5. The first-order valence-electron chi connectivity index (χ1n) is 38.3. The van der Waals surface area contributed by atoms with Gasteiger partial charge < -0.3 is 75.3 Å². The van der Waals surface area contributed by atoms with E-state index in [0.29, 0.717) is 40.8 Å². The van der Waals surface area contributed by atoms with Gasteiger partial charge in [-0.1, -0.05) is 149 Å². The fraction of sp³-hybridized carbons (Fsp3) is 0.446. The molecule has 5 aromatic carbocycles. The monoisotopic (exact) mass is 1560 g/mol. The molecule has 0 bridgehead atoms. The summed E-state index contributed by atoms with van der Waals surface area (Å²) in [6, 6.07) is 28.6. The average molecular weight is 1560 g/mol. The Morgan fingerprint density at radius 3 is 1.52 bits per heavy atom. The third-order valence-corrected chi connectivity index (χ3v) is 19.7. The number of fused-ring (bicyclic) bond motifs is 1. The van der Waals surface area contributed by atoms with Crippen molar-refractivity contribution in [3.05, 3.63) is 168 Å². The number of phenols is 1. The van der Waals surface area contributed by atoms with Crippen LogP contribution in [0.4, 0.5) is 0 Å². The van der Waals surface area contributed by atoms with Crippen LogP contribution in [0.25, 0.3) is 10.8 Å². The zero-order valence-electron chi connectivity index (χ0n) is 64.4. The number of nitrogens with zero attached hydrogens (tertiary/aromatic N) is 1. The largest absolute Gasteiger partial charge is 0.508 e. The quantitative estimate of drug-likeness (QED) is 0.0138. The molecule has 0 aliphatic rings. The molecule has 6 rings (SSSR count). The van der Waals surface area contributed by atoms with Crippen molar-refractivity contribution in [3.8, 4) is 5.75 Å². The Balaban J connectivity index is 1.26. The number of benzene rings is 5. The number of hydrogen-bond acceptors (Lipinski definition) is 18. The molecule has 0 aliphatic carbocycles. The Kier molecular flexibility index (Phi) is 37.3. The number of carbonyl (C=O) groups excluding carboxylic acids is 12. The molecule has 0 radical (unpaired) electrons. The highest BCUT2D eigenvalue weighted by molar-refractivity contribution is 6.00. The van der Waals surface area contributed by atoms with Crippen LogP contribution >= 0.6 is 0 Å². The maximum Gasteiger partial charge on any atom is 0.305 e. The topological polar surface area (TPSA) is 527 Å². The summed E-state index contributed by atoms with van der Waals surface area (Å²) < 4.78 is 0. The van der Waals surface area contributed by atoms with E-state index in [4.69, 9.17) is 33.8 Å². The number of imidazole rings is 1. The molecule has 0 aliphatic heterocycles. The molecule has 0 saturated heterocycles. The van der Waals surface area contributed by atoms with Crippen LogP contribution < -0.4 is 60.2 Å². The van der Waals surface area contributed by atoms with E-state index in [9.17, 15) is 58.2 Å². The number of aromatic amines is 1. The number of unbranched alkanes of at least 4 members (excludes halogenated alkanes) is 1. The number of H-pyrrole nitrogens is 1. The molecular weight excluding hydrogens is 1450 g/mol. The molecule has 20 N–H and O–H groups in total. The summed E-state index contributed by atoms with van der Waals surface area (Å²) in [6.45, 7) is 5.58. The standard InChI is InChI=1S/C83H109N15O15/c1-4-5-23-64(96-81(113)62(50(2)3)46-71(102)63(84)40-53-26-29-61(99)30-27-53)69(100)32-34-76(107)94-67(45-60-48-90-49-93-60)74(105)44-58(37-51-16-8-6-9-17-51)79(111)95-65(24-15-36-92-83(88)89)72(103)43-59(39-54-25-28-55-20-12-13-21-56(55)38-54)80(112)98-68(47-77(108)109)73(104)42-57(22-14-35-91-82(86)87)78(110)97-66(70(101)31-33-75(85)106)41-52-18-10-7-11-19-52/h6-13,16-21,25-30,38,48-50,57-59,62-68,99H,4-5,14-15,22-24,31-37,39-47,84H2,1-3H3,(H2,85,106)(H,90,93)(H,94,107)(H,95,111)(H,96,113)(H,97,110)(H,98,112)(H,108,109)(H4,86,87,91)(H4,88,89,92)/t57-,58+,59+,62+,63+,64+,65+,66+,67+,68+/m1/s1. The molecule has 0 spiro atoms. The number of carboxylic acid groups (broad SMARTS) is 1. The minimum atomic E-state index is -1.81. The van der Waals surface area contributed by atoms with Crippen molar-refractivity contribution in [1.29, 1.82) is 10.8 Å². The van der Waals surface area contributed by atoms with Gasteiger partial charge in [-0.15, -0.1) is 0 Å². The summed E-state index contributed by atoms with van der Waals surface area (Å²) in [5.41, 5.74) is 25.8. The summed E-state index contributed by atoms with van der Waals surface area (Å²) in [5.74, 6) is -15.4. The smallest absolute Gasteiger partial charge is 0.305 e. The molecule has 0 unspecified atom stereocenters. The van der Waals surface area contributed by atoms with Gasteiger partial charge in [0, 0.05) is 106 Å². The number of amides is 6. The number of primary amides is 1. The lowest BCUT2D eigenvalue weighted by Crippen LogP contribution is -2.50. The van der Waals surface area contributed by atoms with Crippen molar-refractivity contribution >= 4 is 98.8 Å². The second kappa shape index (κ2) is 46.8. The van der Waals surface area contributed by atoms with Crippen LogP contribution in [0, 0.1) is 40.4 Å². The number of Topliss-reactive ketones (excluding diaryl/α,β-unsaturated/α-hetero) is 6. The van der Waals surface area contributed by atoms with Gasteiger partial charge in [-0.25, -0.2) is 4.98 Å². The molecule has 10 atom stereocenters. The Hall–Kier alpha value is -11.8. The second-order valence-corrected chi connectivity index (χ2v) is 29.1. The number of aliphatic carboxylic acids is 1. The van der Waals surface area contributed by atoms with Crippen molar-refractivity contribution in [3.63, 3.8) is 0 Å². The van der Waals surface area contributed by atoms with Gasteiger partial charge in [-0.05, 0) is 109 Å². The summed E-state index contributed by atoms with van der Waals surface area (Å²) in [4.78, 5) is 191. The first-order chi connectivity index (χ1) is 53.9. The first kappa shape index (κ1) is 90.1. The minimum Gasteiger partial charge on any atom is -0.508 e. The van der Waals surface area contributed by atoms with Crippen molar-refractivity contribution in [2.75, 3.05) is 13.1 Å². The van der Waals surface area contributed by atoms with Crippen LogP contribution in [0.2, 0.25) is 0 Å². The molecule has 1 heterocycles. The maximum absolute atomic E-state index is 15.3. The van der Waals surface area contributed by atoms with Crippen LogP contribution in [-0.4, -0.2) is 158 Å². The van der Waals surface area contributed by atoms with Crippen molar-refractivity contribution in [2.45, 2.75) is 192 Å². The van der Waals surface area contributed by atoms with Gasteiger partial charge in [0.15, 0.2) is 46.6 Å². The van der Waals surface area contributed by atoms with E-state index in [1.807, 2.05) is 37.3 Å². The van der Waals surface area contributed by atoms with Gasteiger partial charge in [0.2, 0.25) is 35.4 Å². The molecule has 1 aromatic heterocycles. The van der Waals surface area contributed by atoms with Crippen molar-refractivity contribution < 1.29 is 72.5 Å². The SMILES string of the molecule is CCCC[C@H](NC(=O)[C@@H](CC(=O)[C@@H](N)Cc1ccc(O)cc1)C(C)C)C(=O)CCC(=O)N[C@@H](Cc1cnc[nH]1)C(=O)C[C@H](Cc1ccccc1)C(=O)N[C@@H](CCCNC(=N)N)C(=O)C[C@H](Cc1ccc2ccccc2c1)C(=O)N[C@@H](CC(=O)O)C(=O)C[C@@H](CCCNC(=N)N)C(=O)N[C@@H](Cc1ccccc1)C(=O)CCC(N)=O. The number of nitrogens with one attached hydrogen (secondary N) is 10. The zero-order valence-corrected chi connectivity index (χ0v) is 64.4. The van der Waals surface area contributed by atoms with Crippen LogP contribution in [0.15, 0.2) is 140 Å². The predicted octanol–water partition coefficient (Wildman–Crippen LogP) is 4.87. The van der Waals surface area contributed by atoms with E-state index >= 15 is 14.4 Å². The number of carbonyl (C=O) groups is 13. The molecule has 30 nitrogen and oxygen atoms in total. The van der Waals surface area contributed by atoms with Crippen LogP contribution in [-0.2, 0) is 94.4 Å². The Morgan fingerprint density at radius 1 is 0.460 bits per heavy atom. The maximum atomic E-state index is 15.3. The van der Waals surface area contributed by atoms with Gasteiger partial charge in [-0.2, -0.15) is 0 Å². The number of aromatic nitrogens is 2. The lowest BCUT2D eigenvalue weighted by Gasteiger charge is -2.26. The fourth-order valence-corrected chi connectivity index (χ4v) is 13.3. The summed E-state index contributed by atoms with van der Waals surface area (Å²) in [7, 11) is 0. The molecule has 113 heavy (non-hydrogen) atoms. The summed E-state index contributed by atoms with van der Waals surface area (Å²) in [6.07, 6.45) is -0.316. The van der Waals surface area contributed by atoms with Crippen LogP contribution in [0.3, 0.4) is 0 Å². The van der Waals surface area contributed by atoms with Crippen molar-refractivity contribution in [2.24, 2.45) is 52.5 Å². The normalized spacial score (nSPS) is 13.8. The minimum absolute atomic E-state index is 0.00818. The highest BCUT2D eigenvalue weighted by atomic mass is 16.4. The molecule has 30 heteroatoms. The first-order valence-corrected chi connectivity index (χ1v) is 38.3. The van der Waals surface area contributed by atoms with E-state index in [0.717, 1.165) is 10.8 Å². The van der Waals surface area contributed by atoms with Gasteiger partial charge in [0.1, 0.15) is 5.75 Å². The van der Waals surface area contributed by atoms with E-state index < -0.39 is 162 Å². The Labute approximate surface area is 657 Å². The predicted molar refractivity (Wildman–Crippen MR) is 425 cm³/mol. The Bertz CT molecular complexity index is 4220. The molecular formula is C83H109N15O15. The molecule has 6 aromatic rings. The van der Waals surface area contributed by atoms with Crippen molar-refractivity contribution in [1.82, 2.24) is 47.2 Å². The number of hydrogen-bond donors (Lipinski definition) is 16. The Morgan fingerprint density at radius 2 is 0.938 bits per heavy atom. The molecule has 606 valence electrons. The average Bonchev–Trinajstić information content (AvgIpc) is 1.07. The third kappa shape index (κ3) is 32.2. The second-order valence-electron chi connectivity index (χ2n) is 29.1. The number of rotatable bonds is 53. The number of phenolic OH excluding ortho intramolecular Hbond substituents is 1. The summed E-state index contributed by atoms with van der Waals surface area (Å²) >= 11 is 0. The number of aromatic hydroxyl groups is 1. The van der Waals surface area contributed by atoms with E-state index in [2.05, 4.69) is 47.2 Å². The van der Waals surface area contributed by atoms with Crippen LogP contribution in [0.5, 0.6) is 5.75 Å².